The lowest BCUT2D eigenvalue weighted by Crippen LogP contribution is -2.63. The van der Waals surface area contributed by atoms with Gasteiger partial charge in [-0.2, -0.15) is 0 Å². The molecule has 6 nitrogen and oxygen atoms in total. The molecule has 0 amide bonds. The quantitative estimate of drug-likeness (QED) is 0.383. The molecule has 4 saturated heterocycles. The van der Waals surface area contributed by atoms with Crippen LogP contribution < -0.4 is 0 Å². The molecule has 0 N–H and O–H groups in total. The smallest absolute Gasteiger partial charge is 0.138 e. The largest absolute Gasteiger partial charge is 0.205 e. The highest BCUT2D eigenvalue weighted by Gasteiger charge is 2.69. The lowest BCUT2D eigenvalue weighted by Gasteiger charge is -2.76. The lowest BCUT2D eigenvalue weighted by molar-refractivity contribution is 0.289. The molecule has 0 aromatic heterocycles. The van der Waals surface area contributed by atoms with Gasteiger partial charge in [0, 0.05) is 36.3 Å². The number of hydrogen-bond donors (Lipinski definition) is 0. The normalized spacial score (nSPS) is 34.1. The van der Waals surface area contributed by atoms with Crippen LogP contribution in [0.25, 0.3) is 0 Å². The third kappa shape index (κ3) is 3.57. The van der Waals surface area contributed by atoms with Crippen molar-refractivity contribution >= 4 is 33.5 Å². The monoisotopic (exact) mass is 466 g/mol. The Kier molecular flexibility index (Phi) is 7.57. The van der Waals surface area contributed by atoms with Crippen molar-refractivity contribution in [1.29, 1.82) is 0 Å². The van der Waals surface area contributed by atoms with E-state index in [2.05, 4.69) is 110 Å². The van der Waals surface area contributed by atoms with E-state index < -0.39 is 33.5 Å². The molecule has 4 bridgehead atoms. The van der Waals surface area contributed by atoms with Gasteiger partial charge in [-0.1, -0.05) is 0 Å². The van der Waals surface area contributed by atoms with E-state index in [1.54, 1.807) is 0 Å². The lowest BCUT2D eigenvalue weighted by atomic mass is 10.4. The predicted molar refractivity (Wildman–Crippen MR) is 130 cm³/mol. The van der Waals surface area contributed by atoms with E-state index in [0.29, 0.717) is 36.3 Å². The molecule has 4 heterocycles. The minimum absolute atomic E-state index is 0.413. The molecular weight excluding hydrogens is 424 g/mol. The second-order valence-corrected chi connectivity index (χ2v) is 18.8. The summed E-state index contributed by atoms with van der Waals surface area (Å²) in [6, 6.07) is 3.35. The van der Waals surface area contributed by atoms with Crippen LogP contribution in [0.1, 0.15) is 83.1 Å². The van der Waals surface area contributed by atoms with Crippen molar-refractivity contribution in [3.8, 4) is 0 Å². The van der Waals surface area contributed by atoms with Gasteiger partial charge in [-0.15, -0.1) is 0 Å². The first-order valence-corrected chi connectivity index (χ1v) is 15.7. The molecule has 0 radical (unpaired) electrons. The first-order chi connectivity index (χ1) is 12.9. The molecule has 0 aromatic carbocycles. The Balaban J connectivity index is 2.27. The van der Waals surface area contributed by atoms with Crippen molar-refractivity contribution in [3.05, 3.63) is 0 Å². The van der Waals surface area contributed by atoms with Gasteiger partial charge in [-0.25, -0.2) is 26.6 Å². The van der Waals surface area contributed by atoms with E-state index in [1.165, 1.54) is 0 Å². The Morgan fingerprint density at radius 3 is 0.464 bits per heavy atom. The summed E-state index contributed by atoms with van der Waals surface area (Å²) in [5.41, 5.74) is 0. The van der Waals surface area contributed by atoms with Gasteiger partial charge in [0.25, 0.3) is 0 Å². The van der Waals surface area contributed by atoms with Crippen molar-refractivity contribution in [2.75, 3.05) is 0 Å². The van der Waals surface area contributed by atoms with Gasteiger partial charge in [0.1, 0.15) is 33.5 Å². The number of rotatable bonds is 6. The molecule has 0 aromatic rings. The standard InChI is InChI=1S/C18H42N6P4/c1-13(2)19-25-20(14(3)4)27-22(16(7)8)26(19)23(17(9)10)28(21(25)15(5)6)24(27)18(11)12/h13-18H,1-12H3. The van der Waals surface area contributed by atoms with Gasteiger partial charge >= 0.3 is 0 Å². The summed E-state index contributed by atoms with van der Waals surface area (Å²) >= 11 is 0. The topological polar surface area (TPSA) is 19.4 Å². The van der Waals surface area contributed by atoms with Crippen molar-refractivity contribution in [2.24, 2.45) is 0 Å². The van der Waals surface area contributed by atoms with Gasteiger partial charge in [0.05, 0.1) is 0 Å². The summed E-state index contributed by atoms with van der Waals surface area (Å²) < 4.78 is 17.6. The highest BCUT2D eigenvalue weighted by atomic mass is 31.3. The molecule has 0 unspecified atom stereocenters. The van der Waals surface area contributed by atoms with Gasteiger partial charge in [-0.3, -0.25) is 0 Å². The first kappa shape index (κ1) is 24.1. The van der Waals surface area contributed by atoms with Crippen LogP contribution in [-0.2, 0) is 0 Å². The molecule has 0 aliphatic carbocycles. The van der Waals surface area contributed by atoms with Gasteiger partial charge < -0.3 is 0 Å². The Morgan fingerprint density at radius 1 is 0.286 bits per heavy atom. The maximum atomic E-state index is 2.93. The minimum atomic E-state index is -0.413. The Hall–Kier alpha value is 1.48. The van der Waals surface area contributed by atoms with E-state index in [-0.39, 0.29) is 0 Å². The molecule has 0 spiro atoms. The van der Waals surface area contributed by atoms with E-state index in [1.807, 2.05) is 0 Å². The summed E-state index contributed by atoms with van der Waals surface area (Å²) in [7, 11) is -1.65. The summed E-state index contributed by atoms with van der Waals surface area (Å²) in [4.78, 5) is 0. The van der Waals surface area contributed by atoms with Gasteiger partial charge in [0.2, 0.25) is 0 Å². The third-order valence-corrected chi connectivity index (χ3v) is 20.7. The highest BCUT2D eigenvalue weighted by Crippen LogP contribution is 2.97. The Bertz CT molecular complexity index is 412. The zero-order valence-corrected chi connectivity index (χ0v) is 23.5. The summed E-state index contributed by atoms with van der Waals surface area (Å²) in [5.74, 6) is 0. The van der Waals surface area contributed by atoms with Crippen LogP contribution in [0, 0.1) is 0 Å². The molecule has 0 atom stereocenters. The number of hydrogen-bond acceptors (Lipinski definition) is 6. The Morgan fingerprint density at radius 2 is 0.393 bits per heavy atom. The van der Waals surface area contributed by atoms with Crippen molar-refractivity contribution in [2.45, 2.75) is 119 Å². The molecule has 4 aliphatic rings. The second-order valence-electron chi connectivity index (χ2n) is 9.56. The van der Waals surface area contributed by atoms with E-state index >= 15 is 0 Å². The fraction of sp³-hybridized carbons (Fsp3) is 1.00. The van der Waals surface area contributed by atoms with Gasteiger partial charge in [0.15, 0.2) is 0 Å². The zero-order valence-electron chi connectivity index (χ0n) is 19.9. The van der Waals surface area contributed by atoms with Crippen LogP contribution in [0.2, 0.25) is 0 Å². The molecule has 4 aliphatic heterocycles. The van der Waals surface area contributed by atoms with Crippen LogP contribution in [0.15, 0.2) is 0 Å². The maximum Gasteiger partial charge on any atom is 0.138 e. The Labute approximate surface area is 179 Å². The van der Waals surface area contributed by atoms with Crippen molar-refractivity contribution in [1.82, 2.24) is 26.6 Å². The van der Waals surface area contributed by atoms with Crippen LogP contribution >= 0.6 is 33.5 Å². The summed E-state index contributed by atoms with van der Waals surface area (Å²) in [6.07, 6.45) is 0. The SMILES string of the molecule is CC(C)N1P2N(C(C)C)P3N(C(C)C)P1N(C(C)C)P(N2C(C)C)N3C(C)C. The van der Waals surface area contributed by atoms with Gasteiger partial charge in [-0.05, 0) is 83.1 Å². The zero-order chi connectivity index (χ0) is 21.2. The third-order valence-electron chi connectivity index (χ3n) is 4.97. The van der Waals surface area contributed by atoms with E-state index in [0.717, 1.165) is 0 Å². The molecule has 0 saturated carbocycles. The molecule has 4 rings (SSSR count). The predicted octanol–water partition coefficient (Wildman–Crippen LogP) is 7.20. The summed E-state index contributed by atoms with van der Waals surface area (Å²) in [5, 5.41) is 0. The first-order valence-electron chi connectivity index (χ1n) is 10.9. The van der Waals surface area contributed by atoms with Crippen LogP contribution in [-0.4, -0.2) is 62.9 Å². The molecule has 4 fully saturated rings. The molecule has 10 heteroatoms. The van der Waals surface area contributed by atoms with E-state index in [9.17, 15) is 0 Å². The maximum absolute atomic E-state index is 2.93. The minimum Gasteiger partial charge on any atom is -0.205 e. The van der Waals surface area contributed by atoms with Crippen LogP contribution in [0.4, 0.5) is 0 Å². The fourth-order valence-corrected chi connectivity index (χ4v) is 23.2. The molecule has 28 heavy (non-hydrogen) atoms. The van der Waals surface area contributed by atoms with E-state index in [4.69, 9.17) is 0 Å². The van der Waals surface area contributed by atoms with Crippen LogP contribution in [0.5, 0.6) is 0 Å². The number of nitrogens with zero attached hydrogens (tertiary/aromatic N) is 6. The average molecular weight is 466 g/mol. The molecule has 164 valence electrons. The highest BCUT2D eigenvalue weighted by molar-refractivity contribution is 7.94. The van der Waals surface area contributed by atoms with Crippen molar-refractivity contribution < 1.29 is 0 Å². The second kappa shape index (κ2) is 8.78. The van der Waals surface area contributed by atoms with Crippen LogP contribution in [0.3, 0.4) is 0 Å². The molecular formula is C18H42N6P4. The average Bonchev–Trinajstić information content (AvgIpc) is 2.52. The fourth-order valence-electron chi connectivity index (χ4n) is 4.03. The van der Waals surface area contributed by atoms with Crippen molar-refractivity contribution in [3.63, 3.8) is 0 Å². The summed E-state index contributed by atoms with van der Waals surface area (Å²) in [6.45, 7) is 29.0.